The highest BCUT2D eigenvalue weighted by molar-refractivity contribution is 5.69. The molecule has 15 heavy (non-hydrogen) atoms. The van der Waals surface area contributed by atoms with E-state index < -0.39 is 5.97 Å². The summed E-state index contributed by atoms with van der Waals surface area (Å²) < 4.78 is 1.70. The molecule has 0 aliphatic carbocycles. The second kappa shape index (κ2) is 3.68. The molecule has 1 atom stereocenters. The first-order chi connectivity index (χ1) is 7.18. The summed E-state index contributed by atoms with van der Waals surface area (Å²) in [6.07, 6.45) is 5.08. The fourth-order valence-electron chi connectivity index (χ4n) is 1.66. The summed E-state index contributed by atoms with van der Waals surface area (Å²) in [5.41, 5.74) is 1.84. The first-order valence-electron chi connectivity index (χ1n) is 4.67. The molecule has 2 aromatic rings. The van der Waals surface area contributed by atoms with E-state index in [1.807, 2.05) is 19.2 Å². The Bertz CT molecular complexity index is 492. The normalized spacial score (nSPS) is 12.9. The number of aliphatic carboxylic acids is 1. The van der Waals surface area contributed by atoms with Crippen molar-refractivity contribution in [2.45, 2.75) is 19.3 Å². The zero-order valence-corrected chi connectivity index (χ0v) is 8.29. The van der Waals surface area contributed by atoms with Crippen LogP contribution in [0.5, 0.6) is 0 Å². The van der Waals surface area contributed by atoms with Gasteiger partial charge in [0.1, 0.15) is 6.33 Å². The number of carboxylic acid groups (broad SMARTS) is 1. The lowest BCUT2D eigenvalue weighted by atomic mass is 9.99. The van der Waals surface area contributed by atoms with Gasteiger partial charge in [0.15, 0.2) is 0 Å². The largest absolute Gasteiger partial charge is 0.481 e. The van der Waals surface area contributed by atoms with Crippen molar-refractivity contribution < 1.29 is 9.90 Å². The smallest absolute Gasteiger partial charge is 0.303 e. The zero-order valence-electron chi connectivity index (χ0n) is 8.29. The summed E-state index contributed by atoms with van der Waals surface area (Å²) >= 11 is 0. The summed E-state index contributed by atoms with van der Waals surface area (Å²) in [6.45, 7) is 1.89. The van der Waals surface area contributed by atoms with Crippen LogP contribution in [0, 0.1) is 0 Å². The van der Waals surface area contributed by atoms with E-state index >= 15 is 0 Å². The summed E-state index contributed by atoms with van der Waals surface area (Å²) in [5, 5.41) is 12.7. The Balaban J connectivity index is 2.39. The van der Waals surface area contributed by atoms with E-state index in [-0.39, 0.29) is 12.3 Å². The average Bonchev–Trinajstić information content (AvgIpc) is 2.59. The topological polar surface area (TPSA) is 67.5 Å². The molecule has 5 nitrogen and oxygen atoms in total. The maximum Gasteiger partial charge on any atom is 0.303 e. The molecule has 2 aromatic heterocycles. The second-order valence-electron chi connectivity index (χ2n) is 3.51. The predicted molar refractivity (Wildman–Crippen MR) is 53.7 cm³/mol. The lowest BCUT2D eigenvalue weighted by molar-refractivity contribution is -0.137. The molecule has 1 unspecified atom stereocenters. The van der Waals surface area contributed by atoms with Gasteiger partial charge in [0.2, 0.25) is 0 Å². The Morgan fingerprint density at radius 1 is 1.67 bits per heavy atom. The molecule has 0 amide bonds. The lowest BCUT2D eigenvalue weighted by Crippen LogP contribution is -2.03. The summed E-state index contributed by atoms with van der Waals surface area (Å²) in [6, 6.07) is 1.89. The van der Waals surface area contributed by atoms with Gasteiger partial charge in [-0.15, -0.1) is 0 Å². The molecule has 2 rings (SSSR count). The van der Waals surface area contributed by atoms with E-state index in [0.717, 1.165) is 11.1 Å². The summed E-state index contributed by atoms with van der Waals surface area (Å²) in [5.74, 6) is -0.822. The molecule has 0 saturated carbocycles. The fraction of sp³-hybridized carbons (Fsp3) is 0.300. The average molecular weight is 205 g/mol. The zero-order chi connectivity index (χ0) is 10.8. The third-order valence-corrected chi connectivity index (χ3v) is 2.39. The van der Waals surface area contributed by atoms with Gasteiger partial charge in [0.25, 0.3) is 0 Å². The van der Waals surface area contributed by atoms with Crippen molar-refractivity contribution >= 4 is 11.5 Å². The van der Waals surface area contributed by atoms with E-state index in [0.29, 0.717) is 0 Å². The first-order valence-corrected chi connectivity index (χ1v) is 4.67. The minimum absolute atomic E-state index is 0.0292. The van der Waals surface area contributed by atoms with E-state index in [9.17, 15) is 4.79 Å². The Labute approximate surface area is 86.4 Å². The lowest BCUT2D eigenvalue weighted by Gasteiger charge is -2.06. The molecule has 5 heteroatoms. The molecule has 0 radical (unpaired) electrons. The summed E-state index contributed by atoms with van der Waals surface area (Å²) in [4.78, 5) is 14.5. The molecule has 0 bridgehead atoms. The number of rotatable bonds is 3. The van der Waals surface area contributed by atoms with Crippen molar-refractivity contribution in [2.75, 3.05) is 0 Å². The fourth-order valence-corrected chi connectivity index (χ4v) is 1.66. The van der Waals surface area contributed by atoms with Crippen LogP contribution in [-0.4, -0.2) is 25.7 Å². The van der Waals surface area contributed by atoms with Crippen LogP contribution in [0.3, 0.4) is 0 Å². The Hall–Kier alpha value is -1.91. The van der Waals surface area contributed by atoms with Crippen molar-refractivity contribution in [2.24, 2.45) is 0 Å². The van der Waals surface area contributed by atoms with Gasteiger partial charge in [-0.1, -0.05) is 6.92 Å². The number of fused-ring (bicyclic) bond motifs is 1. The van der Waals surface area contributed by atoms with Crippen molar-refractivity contribution in [3.8, 4) is 0 Å². The molecule has 78 valence electrons. The van der Waals surface area contributed by atoms with Crippen LogP contribution in [0.2, 0.25) is 0 Å². The molecule has 0 saturated heterocycles. The minimum atomic E-state index is -0.793. The third-order valence-electron chi connectivity index (χ3n) is 2.39. The SMILES string of the molecule is CC(CC(=O)O)c1ccn2ncncc12. The predicted octanol–water partition coefficient (Wildman–Crippen LogP) is 1.31. The number of aromatic nitrogens is 3. The first kappa shape index (κ1) is 9.64. The number of hydrogen-bond acceptors (Lipinski definition) is 3. The van der Waals surface area contributed by atoms with E-state index in [2.05, 4.69) is 10.1 Å². The van der Waals surface area contributed by atoms with E-state index in [1.165, 1.54) is 6.33 Å². The van der Waals surface area contributed by atoms with Crippen LogP contribution in [0.25, 0.3) is 5.52 Å². The maximum atomic E-state index is 10.6. The van der Waals surface area contributed by atoms with Gasteiger partial charge in [-0.05, 0) is 17.5 Å². The highest BCUT2D eigenvalue weighted by atomic mass is 16.4. The van der Waals surface area contributed by atoms with E-state index in [4.69, 9.17) is 5.11 Å². The Morgan fingerprint density at radius 2 is 2.47 bits per heavy atom. The monoisotopic (exact) mass is 205 g/mol. The van der Waals surface area contributed by atoms with Crippen LogP contribution in [0.1, 0.15) is 24.8 Å². The van der Waals surface area contributed by atoms with E-state index in [1.54, 1.807) is 10.7 Å². The number of carbonyl (C=O) groups is 1. The molecular weight excluding hydrogens is 194 g/mol. The van der Waals surface area contributed by atoms with Crippen LogP contribution >= 0.6 is 0 Å². The van der Waals surface area contributed by atoms with Crippen LogP contribution < -0.4 is 0 Å². The van der Waals surface area contributed by atoms with Gasteiger partial charge in [-0.2, -0.15) is 5.10 Å². The quantitative estimate of drug-likeness (QED) is 0.820. The van der Waals surface area contributed by atoms with Crippen molar-refractivity contribution in [3.05, 3.63) is 30.4 Å². The van der Waals surface area contributed by atoms with Gasteiger partial charge in [0, 0.05) is 6.20 Å². The Kier molecular flexibility index (Phi) is 2.37. The van der Waals surface area contributed by atoms with Crippen molar-refractivity contribution in [1.29, 1.82) is 0 Å². The van der Waals surface area contributed by atoms with Gasteiger partial charge in [-0.3, -0.25) is 4.79 Å². The highest BCUT2D eigenvalue weighted by Gasteiger charge is 2.14. The second-order valence-corrected chi connectivity index (χ2v) is 3.51. The van der Waals surface area contributed by atoms with Crippen LogP contribution in [0.4, 0.5) is 0 Å². The number of hydrogen-bond donors (Lipinski definition) is 1. The van der Waals surface area contributed by atoms with Crippen molar-refractivity contribution in [1.82, 2.24) is 14.6 Å². The molecule has 2 heterocycles. The highest BCUT2D eigenvalue weighted by Crippen LogP contribution is 2.23. The number of nitrogens with zero attached hydrogens (tertiary/aromatic N) is 3. The molecule has 0 aliphatic heterocycles. The third kappa shape index (κ3) is 1.81. The van der Waals surface area contributed by atoms with Gasteiger partial charge in [-0.25, -0.2) is 9.50 Å². The molecular formula is C10H11N3O2. The maximum absolute atomic E-state index is 10.6. The van der Waals surface area contributed by atoms with Crippen molar-refractivity contribution in [3.63, 3.8) is 0 Å². The summed E-state index contributed by atoms with van der Waals surface area (Å²) in [7, 11) is 0. The van der Waals surface area contributed by atoms with Gasteiger partial charge >= 0.3 is 5.97 Å². The molecule has 0 aromatic carbocycles. The molecule has 0 aliphatic rings. The van der Waals surface area contributed by atoms with Crippen LogP contribution in [-0.2, 0) is 4.79 Å². The molecule has 0 spiro atoms. The standard InChI is InChI=1S/C10H11N3O2/c1-7(4-10(14)15)8-2-3-13-9(8)5-11-6-12-13/h2-3,5-7H,4H2,1H3,(H,14,15). The van der Waals surface area contributed by atoms with Gasteiger partial charge < -0.3 is 5.11 Å². The minimum Gasteiger partial charge on any atom is -0.481 e. The molecule has 1 N–H and O–H groups in total. The Morgan fingerprint density at radius 3 is 3.20 bits per heavy atom. The molecule has 0 fully saturated rings. The van der Waals surface area contributed by atoms with Gasteiger partial charge in [0.05, 0.1) is 18.1 Å². The van der Waals surface area contributed by atoms with Crippen LogP contribution in [0.15, 0.2) is 24.8 Å². The number of carboxylic acids is 1.